The lowest BCUT2D eigenvalue weighted by atomic mass is 9.44. The second kappa shape index (κ2) is 6.82. The van der Waals surface area contributed by atoms with E-state index in [0.717, 1.165) is 48.3 Å². The smallest absolute Gasteiger partial charge is 0.303 e. The molecule has 148 valence electrons. The molecule has 0 spiro atoms. The molecule has 0 aromatic carbocycles. The molecule has 4 fully saturated rings. The number of fused-ring (bicyclic) bond motifs is 5. The van der Waals surface area contributed by atoms with Gasteiger partial charge in [0.25, 0.3) is 0 Å². The Labute approximate surface area is 160 Å². The Kier molecular flexibility index (Phi) is 4.93. The van der Waals surface area contributed by atoms with E-state index in [-0.39, 0.29) is 0 Å². The Morgan fingerprint density at radius 3 is 2.46 bits per heavy atom. The van der Waals surface area contributed by atoms with E-state index in [2.05, 4.69) is 20.8 Å². The molecule has 8 atom stereocenters. The van der Waals surface area contributed by atoms with Crippen molar-refractivity contribution in [3.63, 3.8) is 0 Å². The molecule has 0 aromatic rings. The Morgan fingerprint density at radius 2 is 1.69 bits per heavy atom. The molecule has 1 N–H and O–H groups in total. The van der Waals surface area contributed by atoms with Gasteiger partial charge in [-0.15, -0.1) is 0 Å². The zero-order valence-electron chi connectivity index (χ0n) is 17.3. The summed E-state index contributed by atoms with van der Waals surface area (Å²) in [5, 5.41) is 9.00. The van der Waals surface area contributed by atoms with Crippen molar-refractivity contribution < 1.29 is 9.90 Å². The molecule has 4 aliphatic rings. The van der Waals surface area contributed by atoms with E-state index in [1.165, 1.54) is 57.8 Å². The monoisotopic (exact) mass is 360 g/mol. The minimum atomic E-state index is -0.619. The fourth-order valence-corrected chi connectivity index (χ4v) is 8.56. The van der Waals surface area contributed by atoms with Crippen LogP contribution in [0.15, 0.2) is 0 Å². The average Bonchev–Trinajstić information content (AvgIpc) is 2.92. The van der Waals surface area contributed by atoms with Gasteiger partial charge in [0.15, 0.2) is 0 Å². The largest absolute Gasteiger partial charge is 0.481 e. The van der Waals surface area contributed by atoms with Crippen LogP contribution in [-0.2, 0) is 4.79 Å². The highest BCUT2D eigenvalue weighted by molar-refractivity contribution is 5.66. The molecule has 4 saturated carbocycles. The van der Waals surface area contributed by atoms with Gasteiger partial charge in [0.2, 0.25) is 0 Å². The summed E-state index contributed by atoms with van der Waals surface area (Å²) in [6, 6.07) is 0. The van der Waals surface area contributed by atoms with Crippen LogP contribution in [0.25, 0.3) is 0 Å². The van der Waals surface area contributed by atoms with Gasteiger partial charge in [-0.25, -0.2) is 0 Å². The van der Waals surface area contributed by atoms with Crippen LogP contribution in [0.3, 0.4) is 0 Å². The summed E-state index contributed by atoms with van der Waals surface area (Å²) in [4.78, 5) is 10.9. The third-order valence-corrected chi connectivity index (χ3v) is 10.1. The van der Waals surface area contributed by atoms with E-state index in [1.807, 2.05) is 0 Å². The maximum Gasteiger partial charge on any atom is 0.303 e. The van der Waals surface area contributed by atoms with Crippen molar-refractivity contribution in [2.45, 2.75) is 97.8 Å². The van der Waals surface area contributed by atoms with Crippen molar-refractivity contribution in [2.75, 3.05) is 0 Å². The Bertz CT molecular complexity index is 542. The van der Waals surface area contributed by atoms with Crippen LogP contribution in [0.1, 0.15) is 97.8 Å². The van der Waals surface area contributed by atoms with E-state index in [0.29, 0.717) is 17.3 Å². The van der Waals surface area contributed by atoms with Crippen LogP contribution in [0.4, 0.5) is 0 Å². The molecule has 4 rings (SSSR count). The van der Waals surface area contributed by atoms with Gasteiger partial charge in [-0.3, -0.25) is 4.79 Å². The Balaban J connectivity index is 1.48. The number of aliphatic carboxylic acids is 1. The predicted octanol–water partition coefficient (Wildman–Crippen LogP) is 6.54. The standard InChI is InChI=1S/C24H40O2/c1-16-11-13-24(3)18(15-16)7-9-19-20-10-8-17(5-4-6-22(25)26)23(20,2)14-12-21(19)24/h16-21H,4-15H2,1-3H3,(H,25,26)/t16?,17-,18+,19?,20?,21?,23+,24-/m0/s1. The van der Waals surface area contributed by atoms with E-state index in [1.54, 1.807) is 0 Å². The van der Waals surface area contributed by atoms with Crippen molar-refractivity contribution in [1.82, 2.24) is 0 Å². The summed E-state index contributed by atoms with van der Waals surface area (Å²) >= 11 is 0. The van der Waals surface area contributed by atoms with Crippen molar-refractivity contribution >= 4 is 5.97 Å². The number of carboxylic acid groups (broad SMARTS) is 1. The number of hydrogen-bond donors (Lipinski definition) is 1. The van der Waals surface area contributed by atoms with Crippen LogP contribution in [-0.4, -0.2) is 11.1 Å². The summed E-state index contributed by atoms with van der Waals surface area (Å²) in [6.07, 6.45) is 15.4. The normalized spacial score (nSPS) is 50.6. The van der Waals surface area contributed by atoms with Gasteiger partial charge in [-0.05, 0) is 111 Å². The Morgan fingerprint density at radius 1 is 0.962 bits per heavy atom. The van der Waals surface area contributed by atoms with Crippen molar-refractivity contribution in [3.05, 3.63) is 0 Å². The van der Waals surface area contributed by atoms with Crippen LogP contribution in [0, 0.1) is 46.3 Å². The van der Waals surface area contributed by atoms with Gasteiger partial charge >= 0.3 is 5.97 Å². The molecule has 0 radical (unpaired) electrons. The topological polar surface area (TPSA) is 37.3 Å². The molecule has 0 bridgehead atoms. The minimum Gasteiger partial charge on any atom is -0.481 e. The fourth-order valence-electron chi connectivity index (χ4n) is 8.56. The molecule has 2 heteroatoms. The van der Waals surface area contributed by atoms with Crippen LogP contribution in [0.2, 0.25) is 0 Å². The quantitative estimate of drug-likeness (QED) is 0.618. The number of carbonyl (C=O) groups is 1. The first kappa shape index (κ1) is 18.8. The minimum absolute atomic E-state index is 0.362. The molecule has 0 aromatic heterocycles. The highest BCUT2D eigenvalue weighted by Gasteiger charge is 2.59. The van der Waals surface area contributed by atoms with E-state index >= 15 is 0 Å². The highest BCUT2D eigenvalue weighted by Crippen LogP contribution is 2.68. The summed E-state index contributed by atoms with van der Waals surface area (Å²) in [6.45, 7) is 7.73. The zero-order valence-corrected chi connectivity index (χ0v) is 17.3. The SMILES string of the molecule is CC1CC[C@]2(C)C3CC[C@@]4(C)C(CC[C@@H]4CCCC(=O)O)C3CC[C@@H]2C1. The molecule has 4 unspecified atom stereocenters. The van der Waals surface area contributed by atoms with E-state index < -0.39 is 5.97 Å². The summed E-state index contributed by atoms with van der Waals surface area (Å²) in [7, 11) is 0. The summed E-state index contributed by atoms with van der Waals surface area (Å²) in [5.74, 6) is 4.97. The molecule has 0 heterocycles. The second-order valence-corrected chi connectivity index (χ2v) is 11.1. The van der Waals surface area contributed by atoms with Crippen LogP contribution >= 0.6 is 0 Å². The third-order valence-electron chi connectivity index (χ3n) is 10.1. The van der Waals surface area contributed by atoms with Gasteiger partial charge in [0.05, 0.1) is 0 Å². The van der Waals surface area contributed by atoms with Crippen molar-refractivity contribution in [2.24, 2.45) is 46.3 Å². The maximum atomic E-state index is 10.9. The molecule has 2 nitrogen and oxygen atoms in total. The van der Waals surface area contributed by atoms with Gasteiger partial charge in [0.1, 0.15) is 0 Å². The molecule has 4 aliphatic carbocycles. The lowest BCUT2D eigenvalue weighted by Crippen LogP contribution is -2.53. The summed E-state index contributed by atoms with van der Waals surface area (Å²) < 4.78 is 0. The lowest BCUT2D eigenvalue weighted by molar-refractivity contribution is -0.137. The third kappa shape index (κ3) is 2.94. The maximum absolute atomic E-state index is 10.9. The average molecular weight is 361 g/mol. The molecular formula is C24H40O2. The van der Waals surface area contributed by atoms with Gasteiger partial charge < -0.3 is 5.11 Å². The lowest BCUT2D eigenvalue weighted by Gasteiger charge is -2.61. The molecule has 0 amide bonds. The molecule has 0 saturated heterocycles. The number of hydrogen-bond acceptors (Lipinski definition) is 1. The zero-order chi connectivity index (χ0) is 18.5. The van der Waals surface area contributed by atoms with Crippen molar-refractivity contribution in [3.8, 4) is 0 Å². The Hall–Kier alpha value is -0.530. The molecule has 26 heavy (non-hydrogen) atoms. The number of carboxylic acids is 1. The second-order valence-electron chi connectivity index (χ2n) is 11.1. The van der Waals surface area contributed by atoms with Gasteiger partial charge in [-0.2, -0.15) is 0 Å². The number of rotatable bonds is 4. The van der Waals surface area contributed by atoms with Gasteiger partial charge in [-0.1, -0.05) is 27.2 Å². The summed E-state index contributed by atoms with van der Waals surface area (Å²) in [5.41, 5.74) is 1.13. The van der Waals surface area contributed by atoms with Crippen LogP contribution in [0.5, 0.6) is 0 Å². The first-order valence-electron chi connectivity index (χ1n) is 11.6. The van der Waals surface area contributed by atoms with Crippen LogP contribution < -0.4 is 0 Å². The van der Waals surface area contributed by atoms with Crippen molar-refractivity contribution in [1.29, 1.82) is 0 Å². The molecule has 0 aliphatic heterocycles. The molecular weight excluding hydrogens is 320 g/mol. The first-order valence-corrected chi connectivity index (χ1v) is 11.6. The van der Waals surface area contributed by atoms with E-state index in [9.17, 15) is 4.79 Å². The van der Waals surface area contributed by atoms with Gasteiger partial charge in [0, 0.05) is 6.42 Å². The first-order chi connectivity index (χ1) is 12.3. The predicted molar refractivity (Wildman–Crippen MR) is 106 cm³/mol. The fraction of sp³-hybridized carbons (Fsp3) is 0.958. The van der Waals surface area contributed by atoms with E-state index in [4.69, 9.17) is 5.11 Å². The highest BCUT2D eigenvalue weighted by atomic mass is 16.4.